The van der Waals surface area contributed by atoms with Crippen molar-refractivity contribution in [2.75, 3.05) is 10.0 Å². The summed E-state index contributed by atoms with van der Waals surface area (Å²) >= 11 is 11.9. The molecule has 0 bridgehead atoms. The first kappa shape index (κ1) is 17.5. The zero-order valence-corrected chi connectivity index (χ0v) is 15.1. The molecule has 8 heteroatoms. The van der Waals surface area contributed by atoms with E-state index in [0.29, 0.717) is 15.7 Å². The highest BCUT2D eigenvalue weighted by molar-refractivity contribution is 7.92. The van der Waals surface area contributed by atoms with Crippen molar-refractivity contribution in [3.05, 3.63) is 76.9 Å². The van der Waals surface area contributed by atoms with E-state index in [1.54, 1.807) is 30.3 Å². The lowest BCUT2D eigenvalue weighted by Crippen LogP contribution is -2.13. The van der Waals surface area contributed by atoms with Gasteiger partial charge >= 0.3 is 0 Å². The van der Waals surface area contributed by atoms with E-state index in [-0.39, 0.29) is 10.7 Å². The number of pyridine rings is 1. The van der Waals surface area contributed by atoms with E-state index in [4.69, 9.17) is 23.2 Å². The second kappa shape index (κ2) is 7.31. The van der Waals surface area contributed by atoms with Crippen LogP contribution in [0.3, 0.4) is 0 Å². The van der Waals surface area contributed by atoms with Crippen LogP contribution >= 0.6 is 23.2 Å². The molecule has 128 valence electrons. The fourth-order valence-electron chi connectivity index (χ4n) is 2.08. The monoisotopic (exact) mass is 393 g/mol. The first-order valence-corrected chi connectivity index (χ1v) is 9.44. The molecule has 1 heterocycles. The summed E-state index contributed by atoms with van der Waals surface area (Å²) in [7, 11) is -3.75. The summed E-state index contributed by atoms with van der Waals surface area (Å²) in [5.41, 5.74) is 1.41. The number of hydrogen-bond acceptors (Lipinski definition) is 4. The normalized spacial score (nSPS) is 11.1. The number of para-hydroxylation sites is 1. The lowest BCUT2D eigenvalue weighted by atomic mass is 10.3. The van der Waals surface area contributed by atoms with Gasteiger partial charge in [-0.05, 0) is 42.5 Å². The topological polar surface area (TPSA) is 71.1 Å². The van der Waals surface area contributed by atoms with Crippen LogP contribution in [-0.2, 0) is 10.0 Å². The number of halogens is 2. The van der Waals surface area contributed by atoms with Crippen molar-refractivity contribution in [2.45, 2.75) is 4.90 Å². The number of rotatable bonds is 5. The quantitative estimate of drug-likeness (QED) is 0.644. The summed E-state index contributed by atoms with van der Waals surface area (Å²) in [5.74, 6) is 0.199. The van der Waals surface area contributed by atoms with Crippen LogP contribution in [0.1, 0.15) is 0 Å². The molecule has 0 spiro atoms. The second-order valence-corrected chi connectivity index (χ2v) is 7.63. The molecule has 3 aromatic rings. The minimum absolute atomic E-state index is 0.0695. The molecule has 0 unspecified atom stereocenters. The van der Waals surface area contributed by atoms with Gasteiger partial charge in [0, 0.05) is 5.02 Å². The molecule has 3 rings (SSSR count). The Balaban J connectivity index is 1.75. The average molecular weight is 394 g/mol. The van der Waals surface area contributed by atoms with Gasteiger partial charge in [0.1, 0.15) is 5.82 Å². The van der Waals surface area contributed by atoms with Crippen LogP contribution in [0.2, 0.25) is 10.0 Å². The van der Waals surface area contributed by atoms with Gasteiger partial charge in [0.15, 0.2) is 0 Å². The summed E-state index contributed by atoms with van der Waals surface area (Å²) in [6.07, 6.45) is 1.51. The first-order valence-electron chi connectivity index (χ1n) is 7.20. The summed E-state index contributed by atoms with van der Waals surface area (Å²) in [4.78, 5) is 4.18. The molecule has 0 atom stereocenters. The molecule has 2 aromatic carbocycles. The number of sulfonamides is 1. The molecular formula is C17H13Cl2N3O2S. The number of hydrogen-bond donors (Lipinski definition) is 2. The van der Waals surface area contributed by atoms with Gasteiger partial charge < -0.3 is 5.32 Å². The zero-order valence-electron chi connectivity index (χ0n) is 12.8. The Labute approximate surface area is 155 Å². The van der Waals surface area contributed by atoms with Crippen LogP contribution in [0.15, 0.2) is 71.8 Å². The SMILES string of the molecule is O=S(=O)(Nc1ccc(Nc2ccccc2Cl)cn1)c1cccc(Cl)c1. The maximum absolute atomic E-state index is 12.3. The highest BCUT2D eigenvalue weighted by Gasteiger charge is 2.15. The number of nitrogens with one attached hydrogen (secondary N) is 2. The van der Waals surface area contributed by atoms with Crippen molar-refractivity contribution in [3.8, 4) is 0 Å². The molecule has 2 N–H and O–H groups in total. The van der Waals surface area contributed by atoms with Crippen LogP contribution in [-0.4, -0.2) is 13.4 Å². The molecule has 0 saturated carbocycles. The van der Waals surface area contributed by atoms with Crippen molar-refractivity contribution in [2.24, 2.45) is 0 Å². The Morgan fingerprint density at radius 3 is 2.40 bits per heavy atom. The summed E-state index contributed by atoms with van der Waals surface area (Å²) in [6, 6.07) is 16.6. The van der Waals surface area contributed by atoms with Crippen molar-refractivity contribution < 1.29 is 8.42 Å². The average Bonchev–Trinajstić information content (AvgIpc) is 2.58. The fourth-order valence-corrected chi connectivity index (χ4v) is 3.57. The predicted octanol–water partition coefficient (Wildman–Crippen LogP) is 4.93. The summed E-state index contributed by atoms with van der Waals surface area (Å²) in [5, 5.41) is 4.03. The van der Waals surface area contributed by atoms with Crippen molar-refractivity contribution in [1.82, 2.24) is 4.98 Å². The lowest BCUT2D eigenvalue weighted by molar-refractivity contribution is 0.601. The van der Waals surface area contributed by atoms with E-state index >= 15 is 0 Å². The molecule has 0 fully saturated rings. The Bertz CT molecular complexity index is 993. The van der Waals surface area contributed by atoms with Crippen LogP contribution in [0.4, 0.5) is 17.2 Å². The molecule has 0 aliphatic heterocycles. The van der Waals surface area contributed by atoms with Crippen LogP contribution in [0, 0.1) is 0 Å². The van der Waals surface area contributed by atoms with Gasteiger partial charge in [0.05, 0.1) is 27.5 Å². The maximum Gasteiger partial charge on any atom is 0.263 e. The van der Waals surface area contributed by atoms with Gasteiger partial charge in [-0.25, -0.2) is 13.4 Å². The number of anilines is 3. The third kappa shape index (κ3) is 4.42. The van der Waals surface area contributed by atoms with E-state index < -0.39 is 10.0 Å². The third-order valence-corrected chi connectivity index (χ3v) is 5.18. The number of nitrogens with zero attached hydrogens (tertiary/aromatic N) is 1. The smallest absolute Gasteiger partial charge is 0.263 e. The van der Waals surface area contributed by atoms with E-state index in [0.717, 1.165) is 5.69 Å². The summed E-state index contributed by atoms with van der Waals surface area (Å²) < 4.78 is 27.1. The van der Waals surface area contributed by atoms with Gasteiger partial charge in [0.2, 0.25) is 0 Å². The van der Waals surface area contributed by atoms with E-state index in [2.05, 4.69) is 15.0 Å². The molecule has 0 saturated heterocycles. The fraction of sp³-hybridized carbons (Fsp3) is 0. The molecule has 1 aromatic heterocycles. The van der Waals surface area contributed by atoms with Gasteiger partial charge in [-0.1, -0.05) is 41.4 Å². The molecule has 5 nitrogen and oxygen atoms in total. The second-order valence-electron chi connectivity index (χ2n) is 5.10. The Hall–Kier alpha value is -2.28. The van der Waals surface area contributed by atoms with E-state index in [9.17, 15) is 8.42 Å². The minimum Gasteiger partial charge on any atom is -0.353 e. The Kier molecular flexibility index (Phi) is 5.13. The number of benzene rings is 2. The summed E-state index contributed by atoms with van der Waals surface area (Å²) in [6.45, 7) is 0. The largest absolute Gasteiger partial charge is 0.353 e. The van der Waals surface area contributed by atoms with Gasteiger partial charge in [-0.2, -0.15) is 0 Å². The maximum atomic E-state index is 12.3. The lowest BCUT2D eigenvalue weighted by Gasteiger charge is -2.10. The van der Waals surface area contributed by atoms with Gasteiger partial charge in [-0.3, -0.25) is 4.72 Å². The number of aromatic nitrogens is 1. The predicted molar refractivity (Wildman–Crippen MR) is 101 cm³/mol. The first-order chi connectivity index (χ1) is 11.9. The molecular weight excluding hydrogens is 381 g/mol. The van der Waals surface area contributed by atoms with E-state index in [1.165, 1.54) is 18.3 Å². The van der Waals surface area contributed by atoms with E-state index in [1.807, 2.05) is 18.2 Å². The Morgan fingerprint density at radius 2 is 1.72 bits per heavy atom. The highest BCUT2D eigenvalue weighted by atomic mass is 35.5. The van der Waals surface area contributed by atoms with Crippen molar-refractivity contribution in [3.63, 3.8) is 0 Å². The van der Waals surface area contributed by atoms with Gasteiger partial charge in [0.25, 0.3) is 10.0 Å². The van der Waals surface area contributed by atoms with Gasteiger partial charge in [-0.15, -0.1) is 0 Å². The minimum atomic E-state index is -3.75. The molecule has 0 aliphatic carbocycles. The van der Waals surface area contributed by atoms with Crippen LogP contribution in [0.5, 0.6) is 0 Å². The molecule has 0 aliphatic rings. The van der Waals surface area contributed by atoms with Crippen LogP contribution < -0.4 is 10.0 Å². The molecule has 25 heavy (non-hydrogen) atoms. The van der Waals surface area contributed by atoms with Crippen molar-refractivity contribution in [1.29, 1.82) is 0 Å². The van der Waals surface area contributed by atoms with Crippen molar-refractivity contribution >= 4 is 50.4 Å². The Morgan fingerprint density at radius 1 is 0.920 bits per heavy atom. The third-order valence-electron chi connectivity index (χ3n) is 3.26. The zero-order chi connectivity index (χ0) is 17.9. The standard InChI is InChI=1S/C17H13Cl2N3O2S/c18-12-4-3-5-14(10-12)25(23,24)22-17-9-8-13(11-20-17)21-16-7-2-1-6-15(16)19/h1-11,21H,(H,20,22). The highest BCUT2D eigenvalue weighted by Crippen LogP contribution is 2.25. The molecule has 0 radical (unpaired) electrons. The van der Waals surface area contributed by atoms with Crippen LogP contribution in [0.25, 0.3) is 0 Å². The molecule has 0 amide bonds.